The van der Waals surface area contributed by atoms with Crippen molar-refractivity contribution in [3.8, 4) is 16.9 Å². The van der Waals surface area contributed by atoms with Gasteiger partial charge in [0.05, 0.1) is 12.2 Å². The maximum atomic E-state index is 12.5. The molecule has 0 aliphatic carbocycles. The third-order valence-electron chi connectivity index (χ3n) is 6.66. The summed E-state index contributed by atoms with van der Waals surface area (Å²) in [7, 11) is 0. The summed E-state index contributed by atoms with van der Waals surface area (Å²) in [6.45, 7) is 9.31. The van der Waals surface area contributed by atoms with Gasteiger partial charge in [0, 0.05) is 28.9 Å². The highest BCUT2D eigenvalue weighted by Crippen LogP contribution is 2.50. The van der Waals surface area contributed by atoms with E-state index in [-0.39, 0.29) is 0 Å². The molecule has 2 N–H and O–H groups in total. The van der Waals surface area contributed by atoms with Crippen molar-refractivity contribution in [1.82, 2.24) is 0 Å². The van der Waals surface area contributed by atoms with Crippen molar-refractivity contribution in [2.45, 2.75) is 58.2 Å². The Labute approximate surface area is 194 Å². The summed E-state index contributed by atoms with van der Waals surface area (Å²) in [6, 6.07) is 14.4. The molecular weight excluding hydrogens is 414 g/mol. The second-order valence-corrected chi connectivity index (χ2v) is 10.1. The molecule has 2 aliphatic heterocycles. The number of carboxylic acids is 1. The number of nitrogens with one attached hydrogen (secondary N) is 1. The molecule has 2 aliphatic rings. The smallest absolute Gasteiger partial charge is 0.337 e. The summed E-state index contributed by atoms with van der Waals surface area (Å²) in [6.07, 6.45) is 1.01. The van der Waals surface area contributed by atoms with E-state index in [4.69, 9.17) is 9.47 Å². The second kappa shape index (κ2) is 8.07. The fourth-order valence-corrected chi connectivity index (χ4v) is 5.36. The Morgan fingerprint density at radius 1 is 1.18 bits per heavy atom. The molecule has 0 saturated carbocycles. The summed E-state index contributed by atoms with van der Waals surface area (Å²) >= 11 is 0. The average Bonchev–Trinajstić information content (AvgIpc) is 2.77. The Hall–Kier alpha value is -3.05. The van der Waals surface area contributed by atoms with Crippen LogP contribution in [0, 0.1) is 6.92 Å². The molecule has 5 rings (SSSR count). The number of hydrogen-bond acceptors (Lipinski definition) is 4. The van der Waals surface area contributed by atoms with E-state index < -0.39 is 17.7 Å². The number of rotatable bonds is 4. The summed E-state index contributed by atoms with van der Waals surface area (Å²) in [5.74, 6) is 0.423. The van der Waals surface area contributed by atoms with Crippen molar-refractivity contribution in [2.24, 2.45) is 0 Å². The van der Waals surface area contributed by atoms with Crippen LogP contribution in [0.1, 0.15) is 62.3 Å². The van der Waals surface area contributed by atoms with Gasteiger partial charge in [0.2, 0.25) is 0 Å². The predicted molar refractivity (Wildman–Crippen MR) is 131 cm³/mol. The third kappa shape index (κ3) is 3.84. The molecule has 0 saturated heterocycles. The maximum absolute atomic E-state index is 12.5. The molecule has 0 amide bonds. The van der Waals surface area contributed by atoms with Crippen LogP contribution in [0.2, 0.25) is 0 Å². The van der Waals surface area contributed by atoms with Gasteiger partial charge in [-0.1, -0.05) is 30.3 Å². The minimum atomic E-state index is -1.08. The molecule has 0 fully saturated rings. The fourth-order valence-electron chi connectivity index (χ4n) is 5.36. The van der Waals surface area contributed by atoms with Gasteiger partial charge in [0.25, 0.3) is 0 Å². The van der Waals surface area contributed by atoms with E-state index in [0.717, 1.165) is 64.9 Å². The van der Waals surface area contributed by atoms with E-state index >= 15 is 0 Å². The molecule has 5 heteroatoms. The van der Waals surface area contributed by atoms with Crippen molar-refractivity contribution < 1.29 is 19.4 Å². The lowest BCUT2D eigenvalue weighted by molar-refractivity contribution is -0.160. The zero-order valence-electron chi connectivity index (χ0n) is 19.7. The SMILES string of the molecule is Cc1cc2ccccc2c(-c2ccc3c4c2NCCC4CCO3)c1[C@H](OC(C)(C)C)C(=O)O. The van der Waals surface area contributed by atoms with Crippen molar-refractivity contribution in [3.63, 3.8) is 0 Å². The number of hydrogen-bond donors (Lipinski definition) is 2. The summed E-state index contributed by atoms with van der Waals surface area (Å²) in [5.41, 5.74) is 5.26. The minimum absolute atomic E-state index is 0.463. The second-order valence-electron chi connectivity index (χ2n) is 10.1. The lowest BCUT2D eigenvalue weighted by atomic mass is 9.81. The molecular formula is C28H31NO4. The maximum Gasteiger partial charge on any atom is 0.337 e. The number of anilines is 1. The molecule has 0 aromatic heterocycles. The van der Waals surface area contributed by atoms with Gasteiger partial charge in [-0.25, -0.2) is 4.79 Å². The average molecular weight is 446 g/mol. The quantitative estimate of drug-likeness (QED) is 0.484. The van der Waals surface area contributed by atoms with Crippen LogP contribution in [-0.4, -0.2) is 29.8 Å². The molecule has 3 aromatic rings. The van der Waals surface area contributed by atoms with Gasteiger partial charge in [0.15, 0.2) is 6.10 Å². The van der Waals surface area contributed by atoms with Crippen LogP contribution in [-0.2, 0) is 9.53 Å². The Bertz CT molecular complexity index is 1240. The van der Waals surface area contributed by atoms with Crippen molar-refractivity contribution in [2.75, 3.05) is 18.5 Å². The Morgan fingerprint density at radius 3 is 2.73 bits per heavy atom. The first-order chi connectivity index (χ1) is 15.7. The van der Waals surface area contributed by atoms with Crippen LogP contribution in [0.5, 0.6) is 5.75 Å². The minimum Gasteiger partial charge on any atom is -0.493 e. The van der Waals surface area contributed by atoms with E-state index in [9.17, 15) is 9.90 Å². The number of fused-ring (bicyclic) bond motifs is 1. The number of aryl methyl sites for hydroxylation is 1. The Balaban J connectivity index is 1.85. The highest BCUT2D eigenvalue weighted by molar-refractivity contribution is 6.04. The lowest BCUT2D eigenvalue weighted by Crippen LogP contribution is -2.28. The van der Waals surface area contributed by atoms with Crippen molar-refractivity contribution in [3.05, 3.63) is 59.2 Å². The van der Waals surface area contributed by atoms with Crippen LogP contribution in [0.4, 0.5) is 5.69 Å². The number of carbonyl (C=O) groups is 1. The molecule has 0 radical (unpaired) electrons. The van der Waals surface area contributed by atoms with E-state index in [0.29, 0.717) is 11.5 Å². The van der Waals surface area contributed by atoms with E-state index in [2.05, 4.69) is 35.6 Å². The van der Waals surface area contributed by atoms with E-state index in [1.807, 2.05) is 39.8 Å². The number of ether oxygens (including phenoxy) is 2. The van der Waals surface area contributed by atoms with E-state index in [1.54, 1.807) is 0 Å². The summed E-state index contributed by atoms with van der Waals surface area (Å²) in [4.78, 5) is 12.5. The van der Waals surface area contributed by atoms with Gasteiger partial charge in [-0.05, 0) is 80.5 Å². The van der Waals surface area contributed by atoms with Crippen LogP contribution < -0.4 is 10.1 Å². The molecule has 2 heterocycles. The Kier molecular flexibility index (Phi) is 5.32. The normalized spacial score (nSPS) is 18.2. The molecule has 1 unspecified atom stereocenters. The predicted octanol–water partition coefficient (Wildman–Crippen LogP) is 6.44. The first-order valence-corrected chi connectivity index (χ1v) is 11.7. The highest BCUT2D eigenvalue weighted by atomic mass is 16.5. The third-order valence-corrected chi connectivity index (χ3v) is 6.66. The highest BCUT2D eigenvalue weighted by Gasteiger charge is 2.34. The van der Waals surface area contributed by atoms with Crippen LogP contribution >= 0.6 is 0 Å². The molecule has 33 heavy (non-hydrogen) atoms. The van der Waals surface area contributed by atoms with Gasteiger partial charge < -0.3 is 19.9 Å². The van der Waals surface area contributed by atoms with Crippen LogP contribution in [0.15, 0.2) is 42.5 Å². The zero-order chi connectivity index (χ0) is 23.3. The fraction of sp³-hybridized carbons (Fsp3) is 0.393. The first kappa shape index (κ1) is 21.8. The van der Waals surface area contributed by atoms with Crippen molar-refractivity contribution in [1.29, 1.82) is 0 Å². The van der Waals surface area contributed by atoms with Crippen LogP contribution in [0.3, 0.4) is 0 Å². The molecule has 2 atom stereocenters. The lowest BCUT2D eigenvalue weighted by Gasteiger charge is -2.35. The first-order valence-electron chi connectivity index (χ1n) is 11.7. The van der Waals surface area contributed by atoms with Crippen molar-refractivity contribution >= 4 is 22.4 Å². The molecule has 0 bridgehead atoms. The number of carboxylic acid groups (broad SMARTS) is 1. The van der Waals surface area contributed by atoms with Gasteiger partial charge in [-0.2, -0.15) is 0 Å². The zero-order valence-corrected chi connectivity index (χ0v) is 19.7. The topological polar surface area (TPSA) is 67.8 Å². The molecule has 172 valence electrons. The van der Waals surface area contributed by atoms with Gasteiger partial charge in [-0.15, -0.1) is 0 Å². The Morgan fingerprint density at radius 2 is 1.97 bits per heavy atom. The van der Waals surface area contributed by atoms with Crippen LogP contribution in [0.25, 0.3) is 21.9 Å². The monoisotopic (exact) mass is 445 g/mol. The van der Waals surface area contributed by atoms with Gasteiger partial charge in [0.1, 0.15) is 5.75 Å². The molecule has 0 spiro atoms. The summed E-state index contributed by atoms with van der Waals surface area (Å²) < 4.78 is 12.1. The standard InChI is InChI=1S/C28H31NO4/c1-16-15-18-7-5-6-8-19(18)24(22(16)26(27(30)31)33-28(2,3)4)20-9-10-21-23-17(12-14-32-21)11-13-29-25(20)23/h5-10,15,17,26,29H,11-14H2,1-4H3,(H,30,31)/t17?,26-/m0/s1. The molecule has 5 nitrogen and oxygen atoms in total. The van der Waals surface area contributed by atoms with Gasteiger partial charge in [-0.3, -0.25) is 0 Å². The number of benzene rings is 3. The summed E-state index contributed by atoms with van der Waals surface area (Å²) in [5, 5.41) is 16.0. The largest absolute Gasteiger partial charge is 0.493 e. The van der Waals surface area contributed by atoms with Gasteiger partial charge >= 0.3 is 5.97 Å². The van der Waals surface area contributed by atoms with E-state index in [1.165, 1.54) is 5.56 Å². The molecule has 3 aromatic carbocycles. The number of aliphatic carboxylic acids is 1.